The second kappa shape index (κ2) is 7.75. The normalized spacial score (nSPS) is 15.1. The molecule has 114 valence electrons. The monoisotopic (exact) mass is 280 g/mol. The van der Waals surface area contributed by atoms with E-state index in [1.807, 2.05) is 0 Å². The van der Waals surface area contributed by atoms with Crippen LogP contribution in [0.25, 0.3) is 0 Å². The van der Waals surface area contributed by atoms with Crippen LogP contribution in [0.5, 0.6) is 0 Å². The molecule has 0 saturated heterocycles. The highest BCUT2D eigenvalue weighted by atomic mass is 19.1. The first kappa shape index (κ1) is 17.1. The van der Waals surface area contributed by atoms with Crippen LogP contribution >= 0.6 is 0 Å². The first-order valence-electron chi connectivity index (χ1n) is 7.56. The standard InChI is InChI=1S/C17H29FN2/c1-12(2)10-20(11-13(3)4)14(5)17(19)15-6-8-16(18)9-7-15/h6-9,12-14,17H,10-11,19H2,1-5H3. The van der Waals surface area contributed by atoms with Gasteiger partial charge < -0.3 is 5.73 Å². The highest BCUT2D eigenvalue weighted by molar-refractivity contribution is 5.21. The molecule has 0 amide bonds. The third-order valence-corrected chi connectivity index (χ3v) is 3.55. The van der Waals surface area contributed by atoms with Gasteiger partial charge in [-0.1, -0.05) is 39.8 Å². The summed E-state index contributed by atoms with van der Waals surface area (Å²) in [6.07, 6.45) is 0. The molecule has 0 saturated carbocycles. The Hall–Kier alpha value is -0.930. The van der Waals surface area contributed by atoms with Crippen molar-refractivity contribution in [1.82, 2.24) is 4.90 Å². The molecule has 0 heterocycles. The number of halogens is 1. The largest absolute Gasteiger partial charge is 0.323 e. The molecular weight excluding hydrogens is 251 g/mol. The van der Waals surface area contributed by atoms with Crippen molar-refractivity contribution in [2.75, 3.05) is 13.1 Å². The summed E-state index contributed by atoms with van der Waals surface area (Å²) in [6.45, 7) is 13.1. The van der Waals surface area contributed by atoms with Crippen molar-refractivity contribution in [3.8, 4) is 0 Å². The number of hydrogen-bond acceptors (Lipinski definition) is 2. The van der Waals surface area contributed by atoms with E-state index >= 15 is 0 Å². The lowest BCUT2D eigenvalue weighted by Gasteiger charge is -2.35. The zero-order valence-electron chi connectivity index (χ0n) is 13.4. The van der Waals surface area contributed by atoms with Crippen molar-refractivity contribution in [1.29, 1.82) is 0 Å². The summed E-state index contributed by atoms with van der Waals surface area (Å²) in [4.78, 5) is 2.45. The van der Waals surface area contributed by atoms with Gasteiger partial charge in [0, 0.05) is 25.2 Å². The molecule has 2 nitrogen and oxygen atoms in total. The molecule has 0 bridgehead atoms. The third-order valence-electron chi connectivity index (χ3n) is 3.55. The first-order chi connectivity index (χ1) is 9.31. The lowest BCUT2D eigenvalue weighted by Crippen LogP contribution is -2.44. The van der Waals surface area contributed by atoms with Crippen LogP contribution in [0.4, 0.5) is 4.39 Å². The summed E-state index contributed by atoms with van der Waals surface area (Å²) in [5.41, 5.74) is 7.37. The van der Waals surface area contributed by atoms with Gasteiger partial charge in [0.25, 0.3) is 0 Å². The molecule has 1 aromatic rings. The predicted octanol–water partition coefficient (Wildman–Crippen LogP) is 3.83. The van der Waals surface area contributed by atoms with E-state index in [9.17, 15) is 4.39 Å². The topological polar surface area (TPSA) is 29.3 Å². The predicted molar refractivity (Wildman–Crippen MR) is 84.0 cm³/mol. The van der Waals surface area contributed by atoms with E-state index in [-0.39, 0.29) is 17.9 Å². The number of rotatable bonds is 7. The van der Waals surface area contributed by atoms with Crippen LogP contribution in [0.15, 0.2) is 24.3 Å². The summed E-state index contributed by atoms with van der Waals surface area (Å²) < 4.78 is 13.0. The number of benzene rings is 1. The second-order valence-electron chi connectivity index (χ2n) is 6.56. The quantitative estimate of drug-likeness (QED) is 0.822. The van der Waals surface area contributed by atoms with E-state index in [0.29, 0.717) is 11.8 Å². The average Bonchev–Trinajstić information content (AvgIpc) is 2.36. The number of nitrogens with zero attached hydrogens (tertiary/aromatic N) is 1. The molecule has 2 N–H and O–H groups in total. The van der Waals surface area contributed by atoms with Gasteiger partial charge >= 0.3 is 0 Å². The molecule has 3 heteroatoms. The van der Waals surface area contributed by atoms with E-state index in [2.05, 4.69) is 39.5 Å². The van der Waals surface area contributed by atoms with Gasteiger partial charge in [-0.2, -0.15) is 0 Å². The van der Waals surface area contributed by atoms with Crippen molar-refractivity contribution in [3.05, 3.63) is 35.6 Å². The highest BCUT2D eigenvalue weighted by Crippen LogP contribution is 2.21. The van der Waals surface area contributed by atoms with Gasteiger partial charge in [0.1, 0.15) is 5.82 Å². The van der Waals surface area contributed by atoms with Gasteiger partial charge in [0.2, 0.25) is 0 Å². The van der Waals surface area contributed by atoms with Crippen molar-refractivity contribution in [2.24, 2.45) is 17.6 Å². The Morgan fingerprint density at radius 1 is 0.950 bits per heavy atom. The smallest absolute Gasteiger partial charge is 0.123 e. The fourth-order valence-corrected chi connectivity index (χ4v) is 2.54. The molecule has 0 radical (unpaired) electrons. The molecule has 2 unspecified atom stereocenters. The maximum absolute atomic E-state index is 13.0. The van der Waals surface area contributed by atoms with E-state index in [4.69, 9.17) is 5.73 Å². The van der Waals surface area contributed by atoms with Gasteiger partial charge in [0.05, 0.1) is 0 Å². The Bertz CT molecular complexity index is 376. The Labute approximate surface area is 123 Å². The molecule has 0 aliphatic heterocycles. The summed E-state index contributed by atoms with van der Waals surface area (Å²) in [7, 11) is 0. The van der Waals surface area contributed by atoms with Crippen molar-refractivity contribution in [2.45, 2.75) is 46.7 Å². The van der Waals surface area contributed by atoms with Crippen LogP contribution in [-0.2, 0) is 0 Å². The molecule has 0 aliphatic carbocycles. The van der Waals surface area contributed by atoms with Crippen LogP contribution in [0.1, 0.15) is 46.2 Å². The Morgan fingerprint density at radius 2 is 1.40 bits per heavy atom. The van der Waals surface area contributed by atoms with Crippen LogP contribution in [-0.4, -0.2) is 24.0 Å². The molecule has 0 spiro atoms. The maximum atomic E-state index is 13.0. The zero-order valence-corrected chi connectivity index (χ0v) is 13.4. The molecule has 1 rings (SSSR count). The lowest BCUT2D eigenvalue weighted by atomic mass is 9.98. The zero-order chi connectivity index (χ0) is 15.3. The second-order valence-corrected chi connectivity index (χ2v) is 6.56. The van der Waals surface area contributed by atoms with Gasteiger partial charge in [-0.05, 0) is 36.5 Å². The van der Waals surface area contributed by atoms with Crippen LogP contribution in [0.3, 0.4) is 0 Å². The van der Waals surface area contributed by atoms with Crippen molar-refractivity contribution >= 4 is 0 Å². The summed E-state index contributed by atoms with van der Waals surface area (Å²) in [6, 6.07) is 6.70. The molecule has 1 aromatic carbocycles. The maximum Gasteiger partial charge on any atom is 0.123 e. The Balaban J connectivity index is 2.81. The fraction of sp³-hybridized carbons (Fsp3) is 0.647. The van der Waals surface area contributed by atoms with Crippen LogP contribution < -0.4 is 5.73 Å². The molecule has 0 aromatic heterocycles. The first-order valence-corrected chi connectivity index (χ1v) is 7.56. The summed E-state index contributed by atoms with van der Waals surface area (Å²) in [5, 5.41) is 0. The van der Waals surface area contributed by atoms with Gasteiger partial charge in [-0.25, -0.2) is 4.39 Å². The average molecular weight is 280 g/mol. The molecule has 0 aliphatic rings. The van der Waals surface area contributed by atoms with Gasteiger partial charge in [0.15, 0.2) is 0 Å². The minimum absolute atomic E-state index is 0.0897. The van der Waals surface area contributed by atoms with E-state index < -0.39 is 0 Å². The fourth-order valence-electron chi connectivity index (χ4n) is 2.54. The Morgan fingerprint density at radius 3 is 1.80 bits per heavy atom. The van der Waals surface area contributed by atoms with Crippen LogP contribution in [0.2, 0.25) is 0 Å². The minimum Gasteiger partial charge on any atom is -0.323 e. The van der Waals surface area contributed by atoms with Gasteiger partial charge in [-0.3, -0.25) is 4.90 Å². The highest BCUT2D eigenvalue weighted by Gasteiger charge is 2.23. The van der Waals surface area contributed by atoms with Gasteiger partial charge in [-0.15, -0.1) is 0 Å². The third kappa shape index (κ3) is 5.22. The van der Waals surface area contributed by atoms with E-state index in [0.717, 1.165) is 18.7 Å². The molecular formula is C17H29FN2. The Kier molecular flexibility index (Phi) is 6.63. The summed E-state index contributed by atoms with van der Waals surface area (Å²) in [5.74, 6) is 1.00. The number of nitrogens with two attached hydrogens (primary N) is 1. The van der Waals surface area contributed by atoms with E-state index in [1.165, 1.54) is 12.1 Å². The number of hydrogen-bond donors (Lipinski definition) is 1. The molecule has 2 atom stereocenters. The molecule has 0 fully saturated rings. The van der Waals surface area contributed by atoms with E-state index in [1.54, 1.807) is 12.1 Å². The molecule has 20 heavy (non-hydrogen) atoms. The van der Waals surface area contributed by atoms with Crippen molar-refractivity contribution < 1.29 is 4.39 Å². The van der Waals surface area contributed by atoms with Crippen LogP contribution in [0, 0.1) is 17.7 Å². The van der Waals surface area contributed by atoms with Crippen molar-refractivity contribution in [3.63, 3.8) is 0 Å². The minimum atomic E-state index is -0.213. The summed E-state index contributed by atoms with van der Waals surface area (Å²) >= 11 is 0. The lowest BCUT2D eigenvalue weighted by molar-refractivity contribution is 0.147. The SMILES string of the molecule is CC(C)CN(CC(C)C)C(C)C(N)c1ccc(F)cc1.